The lowest BCUT2D eigenvalue weighted by Gasteiger charge is -2.33. The van der Waals surface area contributed by atoms with Gasteiger partial charge in [0.2, 0.25) is 0 Å². The number of imide groups is 2. The molecule has 2 heterocycles. The number of unbranched alkanes of at least 4 members (excludes halogenated alkanes) is 2. The third-order valence-corrected chi connectivity index (χ3v) is 5.74. The Balaban J connectivity index is 1.65. The van der Waals surface area contributed by atoms with Crippen LogP contribution in [0.5, 0.6) is 0 Å². The summed E-state index contributed by atoms with van der Waals surface area (Å²) in [5, 5.41) is 0. The second-order valence-corrected chi connectivity index (χ2v) is 7.85. The average molecular weight is 428 g/mol. The van der Waals surface area contributed by atoms with Crippen LogP contribution in [0.4, 0.5) is 0 Å². The Labute approximate surface area is 186 Å². The van der Waals surface area contributed by atoms with Gasteiger partial charge >= 0.3 is 0 Å². The van der Waals surface area contributed by atoms with Crippen LogP contribution in [0.25, 0.3) is 11.1 Å². The number of hydrogen-bond acceptors (Lipinski definition) is 4. The molecule has 0 unspecified atom stereocenters. The predicted octanol–water partition coefficient (Wildman–Crippen LogP) is 3.80. The number of carbonyl (C=O) groups excluding carboxylic acids is 4. The van der Waals surface area contributed by atoms with E-state index in [4.69, 9.17) is 0 Å². The molecule has 4 amide bonds. The lowest BCUT2D eigenvalue weighted by molar-refractivity contribution is -0.152. The van der Waals surface area contributed by atoms with Crippen LogP contribution in [-0.4, -0.2) is 39.6 Å². The summed E-state index contributed by atoms with van der Waals surface area (Å²) in [7, 11) is 0. The minimum absolute atomic E-state index is 0.270. The van der Waals surface area contributed by atoms with E-state index in [9.17, 15) is 19.2 Å². The van der Waals surface area contributed by atoms with Crippen molar-refractivity contribution in [2.45, 2.75) is 38.8 Å². The Bertz CT molecular complexity index is 1030. The fourth-order valence-corrected chi connectivity index (χ4v) is 4.13. The number of nitrogens with zero attached hydrogens (tertiary/aromatic N) is 2. The van der Waals surface area contributed by atoms with Gasteiger partial charge in [-0.05, 0) is 24.0 Å². The van der Waals surface area contributed by atoms with E-state index in [2.05, 4.69) is 0 Å². The molecule has 0 bridgehead atoms. The highest BCUT2D eigenvalue weighted by atomic mass is 16.2. The Morgan fingerprint density at radius 3 is 1.50 bits per heavy atom. The first-order valence-corrected chi connectivity index (χ1v) is 10.8. The van der Waals surface area contributed by atoms with Crippen LogP contribution in [0.2, 0.25) is 0 Å². The first kappa shape index (κ1) is 21.4. The van der Waals surface area contributed by atoms with E-state index in [0.29, 0.717) is 24.0 Å². The van der Waals surface area contributed by atoms with Crippen molar-refractivity contribution in [2.75, 3.05) is 0 Å². The fraction of sp³-hybridized carbons (Fsp3) is 0.231. The molecule has 0 fully saturated rings. The average Bonchev–Trinajstić information content (AvgIpc) is 3.27. The summed E-state index contributed by atoms with van der Waals surface area (Å²) in [5.74, 6) is -2.00. The van der Waals surface area contributed by atoms with Crippen LogP contribution < -0.4 is 0 Å². The molecular weight excluding hydrogens is 404 g/mol. The van der Waals surface area contributed by atoms with Gasteiger partial charge in [-0.25, -0.2) is 0 Å². The quantitative estimate of drug-likeness (QED) is 0.474. The molecule has 6 heteroatoms. The van der Waals surface area contributed by atoms with Gasteiger partial charge in [0.1, 0.15) is 6.17 Å². The zero-order valence-electron chi connectivity index (χ0n) is 17.9. The molecule has 4 rings (SSSR count). The highest BCUT2D eigenvalue weighted by Crippen LogP contribution is 2.32. The number of benzene rings is 2. The first-order chi connectivity index (χ1) is 15.5. The van der Waals surface area contributed by atoms with Gasteiger partial charge < -0.3 is 0 Å². The van der Waals surface area contributed by atoms with Gasteiger partial charge in [0.15, 0.2) is 0 Å². The van der Waals surface area contributed by atoms with Crippen molar-refractivity contribution in [1.82, 2.24) is 9.80 Å². The predicted molar refractivity (Wildman–Crippen MR) is 120 cm³/mol. The fourth-order valence-electron chi connectivity index (χ4n) is 4.13. The minimum atomic E-state index is -0.962. The van der Waals surface area contributed by atoms with E-state index < -0.39 is 29.8 Å². The molecule has 2 aliphatic rings. The molecule has 32 heavy (non-hydrogen) atoms. The largest absolute Gasteiger partial charge is 0.269 e. The summed E-state index contributed by atoms with van der Waals surface area (Å²) in [5.41, 5.74) is 1.79. The topological polar surface area (TPSA) is 74.8 Å². The molecule has 0 saturated carbocycles. The molecule has 0 aliphatic carbocycles. The van der Waals surface area contributed by atoms with Gasteiger partial charge in [0.05, 0.1) is 11.1 Å². The summed E-state index contributed by atoms with van der Waals surface area (Å²) in [6.07, 6.45) is 4.43. The van der Waals surface area contributed by atoms with Crippen LogP contribution in [0.15, 0.2) is 72.8 Å². The van der Waals surface area contributed by atoms with E-state index in [1.165, 1.54) is 12.2 Å². The zero-order valence-corrected chi connectivity index (χ0v) is 17.9. The molecule has 2 aromatic rings. The lowest BCUT2D eigenvalue weighted by atomic mass is 10.1. The van der Waals surface area contributed by atoms with Crippen LogP contribution in [0.3, 0.4) is 0 Å². The summed E-state index contributed by atoms with van der Waals surface area (Å²) in [6, 6.07) is 17.9. The maximum Gasteiger partial charge on any atom is 0.263 e. The monoisotopic (exact) mass is 428 g/mol. The molecule has 0 N–H and O–H groups in total. The standard InChI is InChI=1S/C26H24N2O4/c1-2-3-6-15-22(27-23(29)16-20(25(27)31)18-11-7-4-8-12-18)28-24(30)17-21(26(28)32)19-13-9-5-10-14-19/h4-5,7-14,16-17,22H,2-3,6,15H2,1H3. The van der Waals surface area contributed by atoms with Crippen LogP contribution in [-0.2, 0) is 19.2 Å². The molecule has 162 valence electrons. The molecule has 0 atom stereocenters. The van der Waals surface area contributed by atoms with Crippen molar-refractivity contribution >= 4 is 34.8 Å². The normalized spacial score (nSPS) is 16.3. The van der Waals surface area contributed by atoms with Crippen molar-refractivity contribution in [1.29, 1.82) is 0 Å². The molecule has 0 radical (unpaired) electrons. The Kier molecular flexibility index (Phi) is 6.12. The summed E-state index contributed by atoms with van der Waals surface area (Å²) in [6.45, 7) is 2.04. The Morgan fingerprint density at radius 2 is 1.09 bits per heavy atom. The SMILES string of the molecule is CCCCCC(N1C(=O)C=C(c2ccccc2)C1=O)N1C(=O)C=C(c2ccccc2)C1=O. The summed E-state index contributed by atoms with van der Waals surface area (Å²) < 4.78 is 0. The molecule has 0 spiro atoms. The molecular formula is C26H24N2O4. The molecule has 2 aromatic carbocycles. The Morgan fingerprint density at radius 1 is 0.656 bits per heavy atom. The van der Waals surface area contributed by atoms with E-state index in [-0.39, 0.29) is 11.1 Å². The third kappa shape index (κ3) is 3.91. The zero-order chi connectivity index (χ0) is 22.7. The molecule has 2 aliphatic heterocycles. The molecule has 0 saturated heterocycles. The first-order valence-electron chi connectivity index (χ1n) is 10.8. The van der Waals surface area contributed by atoms with Gasteiger partial charge in [-0.1, -0.05) is 80.4 Å². The van der Waals surface area contributed by atoms with Crippen molar-refractivity contribution in [2.24, 2.45) is 0 Å². The van der Waals surface area contributed by atoms with Gasteiger partial charge in [-0.3, -0.25) is 29.0 Å². The van der Waals surface area contributed by atoms with E-state index in [0.717, 1.165) is 22.6 Å². The highest BCUT2D eigenvalue weighted by molar-refractivity contribution is 6.36. The summed E-state index contributed by atoms with van der Waals surface area (Å²) in [4.78, 5) is 54.5. The minimum Gasteiger partial charge on any atom is -0.269 e. The van der Waals surface area contributed by atoms with Crippen molar-refractivity contribution in [3.63, 3.8) is 0 Å². The Hall–Kier alpha value is -3.80. The maximum absolute atomic E-state index is 13.3. The van der Waals surface area contributed by atoms with E-state index >= 15 is 0 Å². The van der Waals surface area contributed by atoms with Crippen LogP contribution >= 0.6 is 0 Å². The molecule has 0 aromatic heterocycles. The van der Waals surface area contributed by atoms with Crippen molar-refractivity contribution in [3.05, 3.63) is 83.9 Å². The lowest BCUT2D eigenvalue weighted by Crippen LogP contribution is -2.53. The van der Waals surface area contributed by atoms with Crippen molar-refractivity contribution in [3.8, 4) is 0 Å². The second-order valence-electron chi connectivity index (χ2n) is 7.85. The summed E-state index contributed by atoms with van der Waals surface area (Å²) >= 11 is 0. The van der Waals surface area contributed by atoms with E-state index in [1.54, 1.807) is 48.5 Å². The number of rotatable bonds is 8. The van der Waals surface area contributed by atoms with Gasteiger partial charge in [0, 0.05) is 12.2 Å². The van der Waals surface area contributed by atoms with Gasteiger partial charge in [0.25, 0.3) is 23.6 Å². The number of carbonyl (C=O) groups is 4. The van der Waals surface area contributed by atoms with Crippen molar-refractivity contribution < 1.29 is 19.2 Å². The van der Waals surface area contributed by atoms with Crippen LogP contribution in [0, 0.1) is 0 Å². The van der Waals surface area contributed by atoms with E-state index in [1.807, 2.05) is 19.1 Å². The van der Waals surface area contributed by atoms with Gasteiger partial charge in [-0.15, -0.1) is 0 Å². The third-order valence-electron chi connectivity index (χ3n) is 5.74. The van der Waals surface area contributed by atoms with Gasteiger partial charge in [-0.2, -0.15) is 0 Å². The smallest absolute Gasteiger partial charge is 0.263 e. The number of amides is 4. The molecule has 6 nitrogen and oxygen atoms in total. The van der Waals surface area contributed by atoms with Crippen LogP contribution in [0.1, 0.15) is 43.7 Å². The second kappa shape index (κ2) is 9.14. The highest BCUT2D eigenvalue weighted by Gasteiger charge is 2.45. The maximum atomic E-state index is 13.3. The number of hydrogen-bond donors (Lipinski definition) is 0.